The van der Waals surface area contributed by atoms with Gasteiger partial charge in [0, 0.05) is 30.7 Å². The van der Waals surface area contributed by atoms with Crippen molar-refractivity contribution in [1.29, 1.82) is 0 Å². The minimum absolute atomic E-state index is 0.173. The van der Waals surface area contributed by atoms with Crippen LogP contribution in [0.25, 0.3) is 0 Å². The third-order valence-electron chi connectivity index (χ3n) is 2.41. The van der Waals surface area contributed by atoms with E-state index in [9.17, 15) is 4.39 Å². The first kappa shape index (κ1) is 11.9. The van der Waals surface area contributed by atoms with Gasteiger partial charge in [-0.05, 0) is 6.07 Å². The molecule has 0 bridgehead atoms. The summed E-state index contributed by atoms with van der Waals surface area (Å²) < 4.78 is 14.0. The van der Waals surface area contributed by atoms with E-state index in [0.717, 1.165) is 5.69 Å². The Hall–Kier alpha value is -1.53. The SMILES string of the molecule is CN(Cc1cscn1)c1nccc(CN)c1F. The topological polar surface area (TPSA) is 55.0 Å². The maximum Gasteiger partial charge on any atom is 0.170 e. The van der Waals surface area contributed by atoms with Crippen molar-refractivity contribution >= 4 is 17.2 Å². The molecule has 6 heteroatoms. The van der Waals surface area contributed by atoms with Crippen molar-refractivity contribution in [1.82, 2.24) is 9.97 Å². The Balaban J connectivity index is 2.22. The highest BCUT2D eigenvalue weighted by Crippen LogP contribution is 2.19. The van der Waals surface area contributed by atoms with Gasteiger partial charge in [0.1, 0.15) is 0 Å². The zero-order valence-corrected chi connectivity index (χ0v) is 10.2. The number of nitrogens with zero attached hydrogens (tertiary/aromatic N) is 3. The molecule has 17 heavy (non-hydrogen) atoms. The third kappa shape index (κ3) is 2.59. The minimum Gasteiger partial charge on any atom is -0.351 e. The standard InChI is InChI=1S/C11H13FN4S/c1-16(5-9-6-17-7-15-9)11-10(12)8(4-13)2-3-14-11/h2-3,6-7H,4-5,13H2,1H3. The molecule has 0 aliphatic carbocycles. The molecule has 0 saturated carbocycles. The van der Waals surface area contributed by atoms with Gasteiger partial charge in [0.2, 0.25) is 0 Å². The first-order valence-electron chi connectivity index (χ1n) is 5.14. The van der Waals surface area contributed by atoms with Crippen LogP contribution in [0.15, 0.2) is 23.2 Å². The van der Waals surface area contributed by atoms with Gasteiger partial charge in [-0.15, -0.1) is 11.3 Å². The predicted octanol–water partition coefficient (Wildman–Crippen LogP) is 1.77. The van der Waals surface area contributed by atoms with Crippen molar-refractivity contribution < 1.29 is 4.39 Å². The van der Waals surface area contributed by atoms with Crippen LogP contribution in [0.2, 0.25) is 0 Å². The molecule has 0 fully saturated rings. The summed E-state index contributed by atoms with van der Waals surface area (Å²) in [7, 11) is 1.78. The zero-order valence-electron chi connectivity index (χ0n) is 9.43. The monoisotopic (exact) mass is 252 g/mol. The molecule has 2 heterocycles. The van der Waals surface area contributed by atoms with Crippen molar-refractivity contribution in [3.05, 3.63) is 40.2 Å². The lowest BCUT2D eigenvalue weighted by Gasteiger charge is -2.18. The third-order valence-corrected chi connectivity index (χ3v) is 3.05. The molecule has 0 aliphatic rings. The smallest absolute Gasteiger partial charge is 0.170 e. The van der Waals surface area contributed by atoms with Crippen LogP contribution in [0.4, 0.5) is 10.2 Å². The number of halogens is 1. The second kappa shape index (κ2) is 5.20. The molecule has 0 spiro atoms. The van der Waals surface area contributed by atoms with E-state index in [0.29, 0.717) is 17.9 Å². The number of anilines is 1. The Morgan fingerprint density at radius 3 is 2.94 bits per heavy atom. The maximum atomic E-state index is 14.0. The van der Waals surface area contributed by atoms with Gasteiger partial charge in [0.15, 0.2) is 11.6 Å². The van der Waals surface area contributed by atoms with Gasteiger partial charge in [-0.25, -0.2) is 14.4 Å². The van der Waals surface area contributed by atoms with Crippen LogP contribution in [0.1, 0.15) is 11.3 Å². The van der Waals surface area contributed by atoms with Crippen LogP contribution >= 0.6 is 11.3 Å². The molecule has 0 atom stereocenters. The predicted molar refractivity (Wildman–Crippen MR) is 66.3 cm³/mol. The fourth-order valence-corrected chi connectivity index (χ4v) is 2.08. The lowest BCUT2D eigenvalue weighted by atomic mass is 10.2. The minimum atomic E-state index is -0.354. The average molecular weight is 252 g/mol. The molecule has 0 aliphatic heterocycles. The molecule has 2 rings (SSSR count). The van der Waals surface area contributed by atoms with Crippen LogP contribution in [0, 0.1) is 5.82 Å². The summed E-state index contributed by atoms with van der Waals surface area (Å²) in [5, 5.41) is 1.93. The number of hydrogen-bond acceptors (Lipinski definition) is 5. The molecule has 0 radical (unpaired) electrons. The van der Waals surface area contributed by atoms with E-state index in [1.54, 1.807) is 29.7 Å². The van der Waals surface area contributed by atoms with Crippen molar-refractivity contribution in [3.63, 3.8) is 0 Å². The summed E-state index contributed by atoms with van der Waals surface area (Å²) in [5.74, 6) is -0.0475. The highest BCUT2D eigenvalue weighted by molar-refractivity contribution is 7.07. The zero-order chi connectivity index (χ0) is 12.3. The average Bonchev–Trinajstić information content (AvgIpc) is 2.82. The molecular weight excluding hydrogens is 239 g/mol. The lowest BCUT2D eigenvalue weighted by molar-refractivity contribution is 0.598. The quantitative estimate of drug-likeness (QED) is 0.901. The molecule has 0 unspecified atom stereocenters. The second-order valence-electron chi connectivity index (χ2n) is 3.65. The van der Waals surface area contributed by atoms with Gasteiger partial charge in [-0.2, -0.15) is 0 Å². The van der Waals surface area contributed by atoms with Crippen molar-refractivity contribution in [2.45, 2.75) is 13.1 Å². The number of thiazole rings is 1. The van der Waals surface area contributed by atoms with Crippen molar-refractivity contribution in [3.8, 4) is 0 Å². The highest BCUT2D eigenvalue weighted by Gasteiger charge is 2.13. The van der Waals surface area contributed by atoms with E-state index in [-0.39, 0.29) is 12.4 Å². The van der Waals surface area contributed by atoms with Crippen LogP contribution in [0.5, 0.6) is 0 Å². The number of aromatic nitrogens is 2. The van der Waals surface area contributed by atoms with Crippen molar-refractivity contribution in [2.75, 3.05) is 11.9 Å². The summed E-state index contributed by atoms with van der Waals surface area (Å²) in [4.78, 5) is 9.92. The van der Waals surface area contributed by atoms with Gasteiger partial charge in [0.05, 0.1) is 17.7 Å². The summed E-state index contributed by atoms with van der Waals surface area (Å²) in [6.45, 7) is 0.702. The van der Waals surface area contributed by atoms with Crippen LogP contribution in [-0.4, -0.2) is 17.0 Å². The molecule has 0 amide bonds. The van der Waals surface area contributed by atoms with Crippen molar-refractivity contribution in [2.24, 2.45) is 5.73 Å². The Bertz CT molecular complexity index is 486. The van der Waals surface area contributed by atoms with Gasteiger partial charge in [-0.3, -0.25) is 0 Å². The first-order valence-corrected chi connectivity index (χ1v) is 6.08. The Morgan fingerprint density at radius 2 is 2.29 bits per heavy atom. The molecule has 90 valence electrons. The normalized spacial score (nSPS) is 10.5. The fraction of sp³-hybridized carbons (Fsp3) is 0.273. The summed E-state index contributed by atoms with van der Waals surface area (Å²) in [6.07, 6.45) is 1.57. The Morgan fingerprint density at radius 1 is 1.47 bits per heavy atom. The van der Waals surface area contributed by atoms with Gasteiger partial charge >= 0.3 is 0 Å². The van der Waals surface area contributed by atoms with Crippen LogP contribution in [-0.2, 0) is 13.1 Å². The molecular formula is C11H13FN4S. The van der Waals surface area contributed by atoms with Crippen LogP contribution in [0.3, 0.4) is 0 Å². The summed E-state index contributed by atoms with van der Waals surface area (Å²) >= 11 is 1.52. The van der Waals surface area contributed by atoms with Gasteiger partial charge < -0.3 is 10.6 Å². The number of hydrogen-bond donors (Lipinski definition) is 1. The molecule has 0 aromatic carbocycles. The fourth-order valence-electron chi connectivity index (χ4n) is 1.53. The summed E-state index contributed by atoms with van der Waals surface area (Å²) in [6, 6.07) is 1.59. The highest BCUT2D eigenvalue weighted by atomic mass is 32.1. The molecule has 2 aromatic heterocycles. The first-order chi connectivity index (χ1) is 8.22. The van der Waals surface area contributed by atoms with Gasteiger partial charge in [0.25, 0.3) is 0 Å². The maximum absolute atomic E-state index is 14.0. The number of nitrogens with two attached hydrogens (primary N) is 1. The van der Waals surface area contributed by atoms with E-state index < -0.39 is 0 Å². The van der Waals surface area contributed by atoms with E-state index in [1.165, 1.54) is 11.3 Å². The second-order valence-corrected chi connectivity index (χ2v) is 4.37. The van der Waals surface area contributed by atoms with Gasteiger partial charge in [-0.1, -0.05) is 0 Å². The molecule has 2 aromatic rings. The van der Waals surface area contributed by atoms with E-state index in [2.05, 4.69) is 9.97 Å². The summed E-state index contributed by atoms with van der Waals surface area (Å²) in [5.41, 5.74) is 8.58. The Labute approximate surface area is 103 Å². The lowest BCUT2D eigenvalue weighted by Crippen LogP contribution is -2.20. The van der Waals surface area contributed by atoms with E-state index in [1.807, 2.05) is 5.38 Å². The molecule has 2 N–H and O–H groups in total. The van der Waals surface area contributed by atoms with E-state index >= 15 is 0 Å². The van der Waals surface area contributed by atoms with Crippen LogP contribution < -0.4 is 10.6 Å². The Kier molecular flexibility index (Phi) is 3.65. The largest absolute Gasteiger partial charge is 0.351 e. The number of rotatable bonds is 4. The number of pyridine rings is 1. The molecule has 0 saturated heterocycles. The molecule has 4 nitrogen and oxygen atoms in total. The van der Waals surface area contributed by atoms with E-state index in [4.69, 9.17) is 5.73 Å².